The van der Waals surface area contributed by atoms with E-state index in [-0.39, 0.29) is 16.5 Å². The van der Waals surface area contributed by atoms with Gasteiger partial charge in [-0.05, 0) is 35.4 Å². The van der Waals surface area contributed by atoms with Crippen LogP contribution in [-0.4, -0.2) is 18.2 Å². The van der Waals surface area contributed by atoms with Gasteiger partial charge in [-0.3, -0.25) is 4.68 Å². The Bertz CT molecular complexity index is 973. The predicted octanol–water partition coefficient (Wildman–Crippen LogP) is 3.72. The van der Waals surface area contributed by atoms with Gasteiger partial charge in [-0.2, -0.15) is 5.10 Å². The average Bonchev–Trinajstić information content (AvgIpc) is 3.09. The summed E-state index contributed by atoms with van der Waals surface area (Å²) in [7, 11) is -3.78. The lowest BCUT2D eigenvalue weighted by Crippen LogP contribution is -2.24. The zero-order chi connectivity index (χ0) is 17.9. The fourth-order valence-corrected chi connectivity index (χ4v) is 4.15. The van der Waals surface area contributed by atoms with Crippen LogP contribution in [0.15, 0.2) is 65.8 Å². The number of hydrogen-bond donors (Lipinski definition) is 1. The first-order valence-electron chi connectivity index (χ1n) is 7.44. The quantitative estimate of drug-likeness (QED) is 0.691. The van der Waals surface area contributed by atoms with Crippen LogP contribution < -0.4 is 4.72 Å². The molecule has 1 heterocycles. The van der Waals surface area contributed by atoms with Gasteiger partial charge in [0.2, 0.25) is 10.0 Å². The van der Waals surface area contributed by atoms with E-state index in [2.05, 4.69) is 9.82 Å². The van der Waals surface area contributed by atoms with Crippen molar-refractivity contribution in [3.63, 3.8) is 0 Å². The highest BCUT2D eigenvalue weighted by Crippen LogP contribution is 2.25. The second kappa shape index (κ2) is 7.58. The Hall–Kier alpha value is -1.86. The lowest BCUT2D eigenvalue weighted by molar-refractivity contribution is 0.580. The summed E-state index contributed by atoms with van der Waals surface area (Å²) in [5.74, 6) is 0. The van der Waals surface area contributed by atoms with E-state index in [1.54, 1.807) is 16.9 Å². The van der Waals surface area contributed by atoms with Crippen molar-refractivity contribution in [3.05, 3.63) is 82.1 Å². The molecule has 0 bridgehead atoms. The number of sulfonamides is 1. The number of rotatable bonds is 6. The van der Waals surface area contributed by atoms with E-state index in [4.69, 9.17) is 23.2 Å². The largest absolute Gasteiger partial charge is 0.268 e. The molecular weight excluding hydrogens is 381 g/mol. The Labute approximate surface area is 156 Å². The molecule has 0 radical (unpaired) electrons. The Morgan fingerprint density at radius 3 is 2.52 bits per heavy atom. The molecule has 0 spiro atoms. The molecule has 0 aliphatic heterocycles. The van der Waals surface area contributed by atoms with Gasteiger partial charge in [0.25, 0.3) is 0 Å². The van der Waals surface area contributed by atoms with Crippen molar-refractivity contribution in [3.8, 4) is 0 Å². The Morgan fingerprint density at radius 2 is 1.80 bits per heavy atom. The van der Waals surface area contributed by atoms with E-state index in [0.29, 0.717) is 11.6 Å². The topological polar surface area (TPSA) is 64.0 Å². The molecule has 2 aromatic carbocycles. The molecule has 0 atom stereocenters. The minimum absolute atomic E-state index is 0.0359. The smallest absolute Gasteiger partial charge is 0.242 e. The minimum Gasteiger partial charge on any atom is -0.268 e. The van der Waals surface area contributed by atoms with Gasteiger partial charge >= 0.3 is 0 Å². The summed E-state index contributed by atoms with van der Waals surface area (Å²) in [6, 6.07) is 13.8. The summed E-state index contributed by atoms with van der Waals surface area (Å²) < 4.78 is 29.4. The van der Waals surface area contributed by atoms with Crippen LogP contribution in [0.4, 0.5) is 0 Å². The van der Waals surface area contributed by atoms with Crippen molar-refractivity contribution in [2.45, 2.75) is 18.0 Å². The van der Waals surface area contributed by atoms with Gasteiger partial charge in [0.15, 0.2) is 0 Å². The van der Waals surface area contributed by atoms with Crippen LogP contribution in [0, 0.1) is 0 Å². The molecule has 130 valence electrons. The Morgan fingerprint density at radius 1 is 1.04 bits per heavy atom. The van der Waals surface area contributed by atoms with Crippen LogP contribution >= 0.6 is 23.2 Å². The van der Waals surface area contributed by atoms with E-state index < -0.39 is 10.0 Å². The number of nitrogens with one attached hydrogen (secondary N) is 1. The Kier molecular flexibility index (Phi) is 5.44. The molecule has 1 aromatic heterocycles. The van der Waals surface area contributed by atoms with Crippen LogP contribution in [0.1, 0.15) is 11.1 Å². The molecule has 0 saturated carbocycles. The summed E-state index contributed by atoms with van der Waals surface area (Å²) in [4.78, 5) is -0.0359. The minimum atomic E-state index is -3.78. The molecule has 0 fully saturated rings. The molecule has 25 heavy (non-hydrogen) atoms. The molecular formula is C17H15Cl2N3O2S. The molecule has 0 amide bonds. The first-order valence-corrected chi connectivity index (χ1v) is 9.68. The highest BCUT2D eigenvalue weighted by molar-refractivity contribution is 7.89. The van der Waals surface area contributed by atoms with Crippen LogP contribution in [0.3, 0.4) is 0 Å². The van der Waals surface area contributed by atoms with E-state index in [0.717, 1.165) is 11.1 Å². The number of halogens is 2. The number of nitrogens with zero attached hydrogens (tertiary/aromatic N) is 2. The zero-order valence-corrected chi connectivity index (χ0v) is 15.4. The van der Waals surface area contributed by atoms with E-state index in [1.165, 1.54) is 12.1 Å². The third kappa shape index (κ3) is 4.41. The molecule has 0 aliphatic carbocycles. The van der Waals surface area contributed by atoms with Crippen molar-refractivity contribution >= 4 is 33.2 Å². The van der Waals surface area contributed by atoms with Crippen molar-refractivity contribution < 1.29 is 8.42 Å². The van der Waals surface area contributed by atoms with E-state index in [9.17, 15) is 8.42 Å². The lowest BCUT2D eigenvalue weighted by Gasteiger charge is -2.12. The second-order valence-corrected chi connectivity index (χ2v) is 7.95. The molecule has 3 rings (SSSR count). The van der Waals surface area contributed by atoms with Crippen molar-refractivity contribution in [1.29, 1.82) is 0 Å². The molecule has 8 heteroatoms. The fraction of sp³-hybridized carbons (Fsp3) is 0.118. The first kappa shape index (κ1) is 17.9. The van der Waals surface area contributed by atoms with Crippen LogP contribution in [0.5, 0.6) is 0 Å². The van der Waals surface area contributed by atoms with Gasteiger partial charge in [-0.25, -0.2) is 13.1 Å². The van der Waals surface area contributed by atoms with E-state index in [1.807, 2.05) is 36.5 Å². The summed E-state index contributed by atoms with van der Waals surface area (Å²) >= 11 is 11.9. The maximum Gasteiger partial charge on any atom is 0.242 e. The van der Waals surface area contributed by atoms with Gasteiger partial charge in [0.05, 0.1) is 11.6 Å². The van der Waals surface area contributed by atoms with Crippen LogP contribution in [0.2, 0.25) is 10.0 Å². The molecule has 1 N–H and O–H groups in total. The summed E-state index contributed by atoms with van der Waals surface area (Å²) in [5.41, 5.74) is 1.84. The monoisotopic (exact) mass is 395 g/mol. The van der Waals surface area contributed by atoms with Crippen molar-refractivity contribution in [1.82, 2.24) is 14.5 Å². The molecule has 3 aromatic rings. The van der Waals surface area contributed by atoms with Gasteiger partial charge in [0.1, 0.15) is 4.90 Å². The van der Waals surface area contributed by atoms with Gasteiger partial charge < -0.3 is 0 Å². The van der Waals surface area contributed by atoms with Crippen LogP contribution in [-0.2, 0) is 23.1 Å². The molecule has 0 saturated heterocycles. The standard InChI is InChI=1S/C17H15Cl2N3O2S/c18-15-6-7-16(19)17(10-15)25(23,24)21-11-13-4-1-2-5-14(13)12-22-9-3-8-20-22/h1-10,21H,11-12H2. The normalized spacial score (nSPS) is 11.6. The van der Waals surface area contributed by atoms with Gasteiger partial charge in [-0.1, -0.05) is 47.5 Å². The highest BCUT2D eigenvalue weighted by atomic mass is 35.5. The summed E-state index contributed by atoms with van der Waals surface area (Å²) in [6.45, 7) is 0.700. The maximum atomic E-state index is 12.5. The second-order valence-electron chi connectivity index (χ2n) is 5.37. The third-order valence-corrected chi connectivity index (χ3v) is 5.76. The van der Waals surface area contributed by atoms with Crippen LogP contribution in [0.25, 0.3) is 0 Å². The maximum absolute atomic E-state index is 12.5. The predicted molar refractivity (Wildman–Crippen MR) is 98.3 cm³/mol. The summed E-state index contributed by atoms with van der Waals surface area (Å²) in [5, 5.41) is 4.61. The average molecular weight is 396 g/mol. The van der Waals surface area contributed by atoms with Gasteiger partial charge in [0, 0.05) is 24.0 Å². The third-order valence-electron chi connectivity index (χ3n) is 3.65. The van der Waals surface area contributed by atoms with Crippen molar-refractivity contribution in [2.24, 2.45) is 0 Å². The highest BCUT2D eigenvalue weighted by Gasteiger charge is 2.18. The first-order chi connectivity index (χ1) is 12.0. The Balaban J connectivity index is 1.80. The summed E-state index contributed by atoms with van der Waals surface area (Å²) in [6.07, 6.45) is 3.55. The number of hydrogen-bond acceptors (Lipinski definition) is 3. The lowest BCUT2D eigenvalue weighted by atomic mass is 10.1. The van der Waals surface area contributed by atoms with Crippen molar-refractivity contribution in [2.75, 3.05) is 0 Å². The molecule has 0 unspecified atom stereocenters. The zero-order valence-electron chi connectivity index (χ0n) is 13.1. The SMILES string of the molecule is O=S(=O)(NCc1ccccc1Cn1cccn1)c1cc(Cl)ccc1Cl. The fourth-order valence-electron chi connectivity index (χ4n) is 2.39. The molecule has 0 aliphatic rings. The number of benzene rings is 2. The van der Waals surface area contributed by atoms with Gasteiger partial charge in [-0.15, -0.1) is 0 Å². The van der Waals surface area contributed by atoms with E-state index >= 15 is 0 Å². The number of aromatic nitrogens is 2. The molecule has 5 nitrogen and oxygen atoms in total.